The molecule has 3 rings (SSSR count). The summed E-state index contributed by atoms with van der Waals surface area (Å²) in [6.07, 6.45) is 0. The van der Waals surface area contributed by atoms with Crippen molar-refractivity contribution in [3.63, 3.8) is 0 Å². The zero-order valence-corrected chi connectivity index (χ0v) is 16.4. The first-order valence-electron chi connectivity index (χ1n) is 9.11. The Bertz CT molecular complexity index is 979. The highest BCUT2D eigenvalue weighted by molar-refractivity contribution is 5.93. The number of alkyl halides is 2. The van der Waals surface area contributed by atoms with Crippen molar-refractivity contribution >= 4 is 22.6 Å². The van der Waals surface area contributed by atoms with Gasteiger partial charge in [0.05, 0.1) is 23.6 Å². The van der Waals surface area contributed by atoms with E-state index in [1.165, 1.54) is 0 Å². The fraction of sp³-hybridized carbons (Fsp3) is 0.333. The lowest BCUT2D eigenvalue weighted by atomic mass is 10.1. The van der Waals surface area contributed by atoms with Crippen LogP contribution in [-0.4, -0.2) is 34.0 Å². The molecule has 2 aromatic carbocycles. The summed E-state index contributed by atoms with van der Waals surface area (Å²) in [6, 6.07) is 12.1. The second-order valence-electron chi connectivity index (χ2n) is 7.01. The van der Waals surface area contributed by atoms with Gasteiger partial charge < -0.3 is 5.32 Å². The van der Waals surface area contributed by atoms with E-state index in [1.54, 1.807) is 43.1 Å². The van der Waals surface area contributed by atoms with Crippen LogP contribution in [0.4, 0.5) is 14.5 Å². The van der Waals surface area contributed by atoms with Crippen LogP contribution in [0.2, 0.25) is 0 Å². The number of carbonyl (C=O) groups is 1. The molecule has 1 atom stereocenters. The highest BCUT2D eigenvalue weighted by Gasteiger charge is 2.25. The lowest BCUT2D eigenvalue weighted by molar-refractivity contribution is -0.117. The number of nitrogens with one attached hydrogen (secondary N) is 1. The van der Waals surface area contributed by atoms with E-state index >= 15 is 0 Å². The van der Waals surface area contributed by atoms with Crippen molar-refractivity contribution in [2.24, 2.45) is 0 Å². The molecule has 1 unspecified atom stereocenters. The van der Waals surface area contributed by atoms with Crippen molar-refractivity contribution in [1.29, 1.82) is 0 Å². The molecule has 0 aliphatic carbocycles. The predicted molar refractivity (Wildman–Crippen MR) is 107 cm³/mol. The largest absolute Gasteiger partial charge is 0.324 e. The summed E-state index contributed by atoms with van der Waals surface area (Å²) in [5.74, 6) is 0.0324. The number of likely N-dealkylation sites (N-methyl/N-ethyl adjacent to an activating group) is 1. The molecule has 0 saturated heterocycles. The van der Waals surface area contributed by atoms with Crippen molar-refractivity contribution in [1.82, 2.24) is 14.5 Å². The topological polar surface area (TPSA) is 50.2 Å². The average molecular weight is 386 g/mol. The number of imidazole rings is 1. The van der Waals surface area contributed by atoms with E-state index in [-0.39, 0.29) is 18.3 Å². The van der Waals surface area contributed by atoms with Gasteiger partial charge in [-0.15, -0.1) is 0 Å². The Kier molecular flexibility index (Phi) is 5.74. The monoisotopic (exact) mass is 386 g/mol. The lowest BCUT2D eigenvalue weighted by Crippen LogP contribution is -2.33. The molecule has 0 aliphatic heterocycles. The molecule has 3 aromatic rings. The van der Waals surface area contributed by atoms with Crippen molar-refractivity contribution in [3.8, 4) is 0 Å². The third-order valence-corrected chi connectivity index (χ3v) is 4.99. The van der Waals surface area contributed by atoms with Gasteiger partial charge >= 0.3 is 6.55 Å². The number of hydrogen-bond donors (Lipinski definition) is 1. The predicted octanol–water partition coefficient (Wildman–Crippen LogP) is 4.68. The average Bonchev–Trinajstić information content (AvgIpc) is 3.03. The molecule has 1 aromatic heterocycles. The Morgan fingerprint density at radius 1 is 1.14 bits per heavy atom. The summed E-state index contributed by atoms with van der Waals surface area (Å²) in [7, 11) is 1.73. The van der Waals surface area contributed by atoms with E-state index in [0.29, 0.717) is 11.0 Å². The maximum Gasteiger partial charge on any atom is 0.320 e. The number of aryl methyl sites for hydroxylation is 2. The van der Waals surface area contributed by atoms with Crippen LogP contribution >= 0.6 is 0 Å². The number of rotatable bonds is 6. The summed E-state index contributed by atoms with van der Waals surface area (Å²) < 4.78 is 28.3. The molecule has 1 amide bonds. The molecule has 1 N–H and O–H groups in total. The first-order valence-corrected chi connectivity index (χ1v) is 9.11. The van der Waals surface area contributed by atoms with Crippen LogP contribution in [0.3, 0.4) is 0 Å². The van der Waals surface area contributed by atoms with Crippen LogP contribution in [0.5, 0.6) is 0 Å². The summed E-state index contributed by atoms with van der Waals surface area (Å²) in [4.78, 5) is 18.6. The molecule has 0 bridgehead atoms. The zero-order chi connectivity index (χ0) is 20.4. The van der Waals surface area contributed by atoms with Gasteiger partial charge in [-0.05, 0) is 51.1 Å². The van der Waals surface area contributed by atoms with Gasteiger partial charge in [0.15, 0.2) is 0 Å². The number of para-hydroxylation sites is 3. The number of hydrogen-bond acceptors (Lipinski definition) is 3. The second-order valence-corrected chi connectivity index (χ2v) is 7.01. The van der Waals surface area contributed by atoms with Crippen molar-refractivity contribution in [2.75, 3.05) is 18.9 Å². The van der Waals surface area contributed by atoms with Crippen LogP contribution < -0.4 is 5.32 Å². The maximum absolute atomic E-state index is 13.7. The van der Waals surface area contributed by atoms with Crippen molar-refractivity contribution < 1.29 is 13.6 Å². The van der Waals surface area contributed by atoms with Gasteiger partial charge in [-0.25, -0.2) is 4.98 Å². The lowest BCUT2D eigenvalue weighted by Gasteiger charge is -2.24. The standard InChI is InChI=1S/C21H24F2N4O/c1-13-8-7-9-14(2)19(13)25-18(28)12-26(4)15(3)20-24-16-10-5-6-11-17(16)27(20)21(22)23/h5-11,15,21H,12H2,1-4H3,(H,25,28). The van der Waals surface area contributed by atoms with Crippen molar-refractivity contribution in [3.05, 3.63) is 59.4 Å². The van der Waals surface area contributed by atoms with E-state index in [0.717, 1.165) is 21.4 Å². The van der Waals surface area contributed by atoms with E-state index < -0.39 is 12.6 Å². The van der Waals surface area contributed by atoms with Gasteiger partial charge in [0.1, 0.15) is 5.82 Å². The maximum atomic E-state index is 13.7. The number of carbonyl (C=O) groups excluding carboxylic acids is 1. The minimum absolute atomic E-state index is 0.0569. The smallest absolute Gasteiger partial charge is 0.320 e. The van der Waals surface area contributed by atoms with Crippen LogP contribution in [-0.2, 0) is 4.79 Å². The number of fused-ring (bicyclic) bond motifs is 1. The zero-order valence-electron chi connectivity index (χ0n) is 16.4. The molecule has 28 heavy (non-hydrogen) atoms. The third kappa shape index (κ3) is 3.89. The Morgan fingerprint density at radius 2 is 1.79 bits per heavy atom. The Labute approximate surface area is 163 Å². The minimum Gasteiger partial charge on any atom is -0.324 e. The number of aromatic nitrogens is 2. The van der Waals surface area contributed by atoms with E-state index in [4.69, 9.17) is 0 Å². The molecule has 7 heteroatoms. The molecule has 5 nitrogen and oxygen atoms in total. The van der Waals surface area contributed by atoms with Gasteiger partial charge in [0, 0.05) is 5.69 Å². The van der Waals surface area contributed by atoms with Gasteiger partial charge in [-0.3, -0.25) is 14.3 Å². The first kappa shape index (κ1) is 19.9. The van der Waals surface area contributed by atoms with Gasteiger partial charge in [-0.1, -0.05) is 30.3 Å². The molecule has 0 radical (unpaired) electrons. The van der Waals surface area contributed by atoms with Crippen LogP contribution in [0.25, 0.3) is 11.0 Å². The Hall–Kier alpha value is -2.80. The van der Waals surface area contributed by atoms with Crippen LogP contribution in [0, 0.1) is 13.8 Å². The Morgan fingerprint density at radius 3 is 2.43 bits per heavy atom. The number of nitrogens with zero attached hydrogens (tertiary/aromatic N) is 3. The summed E-state index contributed by atoms with van der Waals surface area (Å²) in [5.41, 5.74) is 3.63. The fourth-order valence-corrected chi connectivity index (χ4v) is 3.31. The Balaban J connectivity index is 1.79. The quantitative estimate of drug-likeness (QED) is 0.669. The number of benzene rings is 2. The van der Waals surface area contributed by atoms with Gasteiger partial charge in [0.25, 0.3) is 0 Å². The molecule has 0 spiro atoms. The first-order chi connectivity index (χ1) is 13.3. The third-order valence-electron chi connectivity index (χ3n) is 4.99. The minimum atomic E-state index is -2.71. The van der Waals surface area contributed by atoms with E-state index in [1.807, 2.05) is 32.0 Å². The summed E-state index contributed by atoms with van der Waals surface area (Å²) >= 11 is 0. The van der Waals surface area contributed by atoms with Crippen LogP contribution in [0.15, 0.2) is 42.5 Å². The number of amides is 1. The summed E-state index contributed by atoms with van der Waals surface area (Å²) in [6.45, 7) is 2.98. The number of halogens is 2. The van der Waals surface area contributed by atoms with Gasteiger partial charge in [0.2, 0.25) is 5.91 Å². The van der Waals surface area contributed by atoms with E-state index in [9.17, 15) is 13.6 Å². The molecular weight excluding hydrogens is 362 g/mol. The van der Waals surface area contributed by atoms with Crippen LogP contribution in [0.1, 0.15) is 36.5 Å². The number of anilines is 1. The molecular formula is C21H24F2N4O. The molecule has 0 aliphatic rings. The second kappa shape index (κ2) is 8.06. The molecule has 1 heterocycles. The van der Waals surface area contributed by atoms with Crippen molar-refractivity contribution in [2.45, 2.75) is 33.4 Å². The summed E-state index contributed by atoms with van der Waals surface area (Å²) in [5, 5.41) is 2.92. The normalized spacial score (nSPS) is 12.7. The van der Waals surface area contributed by atoms with Gasteiger partial charge in [-0.2, -0.15) is 8.78 Å². The molecule has 0 saturated carbocycles. The fourth-order valence-electron chi connectivity index (χ4n) is 3.31. The molecule has 0 fully saturated rings. The highest BCUT2D eigenvalue weighted by Crippen LogP contribution is 2.28. The highest BCUT2D eigenvalue weighted by atomic mass is 19.3. The molecule has 148 valence electrons. The van der Waals surface area contributed by atoms with E-state index in [2.05, 4.69) is 10.3 Å². The SMILES string of the molecule is Cc1cccc(C)c1NC(=O)CN(C)C(C)c1nc2ccccc2n1C(F)F.